The Bertz CT molecular complexity index is 690. The van der Waals surface area contributed by atoms with Gasteiger partial charge >= 0.3 is 0 Å². The molecular weight excluding hydrogens is 374 g/mol. The average Bonchev–Trinajstić information content (AvgIpc) is 2.60. The molecule has 0 aliphatic rings. The number of hydrogen-bond acceptors (Lipinski definition) is 4. The van der Waals surface area contributed by atoms with Crippen molar-refractivity contribution < 1.29 is 19.0 Å². The number of amides is 1. The Kier molecular flexibility index (Phi) is 6.09. The van der Waals surface area contributed by atoms with Gasteiger partial charge in [0.05, 0.1) is 27.4 Å². The molecule has 0 heterocycles. The number of ether oxygens (including phenoxy) is 3. The number of carbonyl (C=O) groups excluding carboxylic acids is 1. The fourth-order valence-electron chi connectivity index (χ4n) is 2.32. The molecule has 1 unspecified atom stereocenters. The molecule has 0 saturated heterocycles. The molecule has 0 spiro atoms. The normalized spacial score (nSPS) is 11.5. The van der Waals surface area contributed by atoms with Gasteiger partial charge in [0.15, 0.2) is 11.5 Å². The van der Waals surface area contributed by atoms with Crippen LogP contribution in [0.1, 0.15) is 28.9 Å². The van der Waals surface area contributed by atoms with Gasteiger partial charge in [-0.25, -0.2) is 0 Å². The molecule has 0 fully saturated rings. The van der Waals surface area contributed by atoms with Gasteiger partial charge in [-0.1, -0.05) is 15.9 Å². The Morgan fingerprint density at radius 3 is 2.00 bits per heavy atom. The molecule has 2 aromatic carbocycles. The van der Waals surface area contributed by atoms with Crippen LogP contribution in [0.5, 0.6) is 17.2 Å². The number of methoxy groups -OCH3 is 3. The van der Waals surface area contributed by atoms with Crippen LogP contribution in [0.2, 0.25) is 0 Å². The van der Waals surface area contributed by atoms with E-state index in [0.717, 1.165) is 10.0 Å². The second-order valence-corrected chi connectivity index (χ2v) is 6.08. The summed E-state index contributed by atoms with van der Waals surface area (Å²) in [5.74, 6) is 1.48. The van der Waals surface area contributed by atoms with Gasteiger partial charge in [0, 0.05) is 10.0 Å². The van der Waals surface area contributed by atoms with E-state index in [4.69, 9.17) is 14.2 Å². The van der Waals surface area contributed by atoms with Crippen molar-refractivity contribution >= 4 is 21.8 Å². The topological polar surface area (TPSA) is 56.8 Å². The highest BCUT2D eigenvalue weighted by molar-refractivity contribution is 9.10. The molecule has 0 bridgehead atoms. The molecule has 0 aliphatic heterocycles. The number of benzene rings is 2. The van der Waals surface area contributed by atoms with E-state index in [9.17, 15) is 4.79 Å². The maximum Gasteiger partial charge on any atom is 0.251 e. The summed E-state index contributed by atoms with van der Waals surface area (Å²) in [4.78, 5) is 12.4. The minimum absolute atomic E-state index is 0.149. The summed E-state index contributed by atoms with van der Waals surface area (Å²) in [6.45, 7) is 1.90. The molecule has 24 heavy (non-hydrogen) atoms. The molecule has 5 nitrogen and oxygen atoms in total. The fraction of sp³-hybridized carbons (Fsp3) is 0.278. The second kappa shape index (κ2) is 8.06. The van der Waals surface area contributed by atoms with Gasteiger partial charge in [0.1, 0.15) is 0 Å². The summed E-state index contributed by atoms with van der Waals surface area (Å²) in [6, 6.07) is 10.6. The first-order chi connectivity index (χ1) is 11.5. The first-order valence-electron chi connectivity index (χ1n) is 7.36. The van der Waals surface area contributed by atoms with E-state index < -0.39 is 0 Å². The first-order valence-corrected chi connectivity index (χ1v) is 8.15. The molecule has 128 valence electrons. The summed E-state index contributed by atoms with van der Waals surface area (Å²) in [7, 11) is 4.68. The quantitative estimate of drug-likeness (QED) is 0.806. The standard InChI is InChI=1S/C18H20BrNO4/c1-11(20-18(21)12-5-7-14(19)8-6-12)13-9-15(22-2)17(24-4)16(10-13)23-3/h5-11H,1-4H3,(H,20,21). The van der Waals surface area contributed by atoms with Crippen molar-refractivity contribution in [2.45, 2.75) is 13.0 Å². The van der Waals surface area contributed by atoms with Gasteiger partial charge in [0.25, 0.3) is 5.91 Å². The third-order valence-corrected chi connectivity index (χ3v) is 4.17. The van der Waals surface area contributed by atoms with Crippen LogP contribution in [-0.2, 0) is 0 Å². The smallest absolute Gasteiger partial charge is 0.251 e. The average molecular weight is 394 g/mol. The van der Waals surface area contributed by atoms with E-state index in [1.165, 1.54) is 0 Å². The summed E-state index contributed by atoms with van der Waals surface area (Å²) in [5.41, 5.74) is 1.45. The predicted molar refractivity (Wildman–Crippen MR) is 96.1 cm³/mol. The lowest BCUT2D eigenvalue weighted by Crippen LogP contribution is -2.26. The highest BCUT2D eigenvalue weighted by Crippen LogP contribution is 2.39. The molecule has 0 aromatic heterocycles. The Morgan fingerprint density at radius 2 is 1.54 bits per heavy atom. The molecule has 2 rings (SSSR count). The first kappa shape index (κ1) is 18.1. The highest BCUT2D eigenvalue weighted by atomic mass is 79.9. The molecule has 2 aromatic rings. The fourth-order valence-corrected chi connectivity index (χ4v) is 2.58. The Morgan fingerprint density at radius 1 is 1.00 bits per heavy atom. The van der Waals surface area contributed by atoms with Gasteiger partial charge in [0.2, 0.25) is 5.75 Å². The zero-order chi connectivity index (χ0) is 17.7. The maximum absolute atomic E-state index is 12.4. The zero-order valence-electron chi connectivity index (χ0n) is 14.1. The van der Waals surface area contributed by atoms with Crippen molar-refractivity contribution in [3.63, 3.8) is 0 Å². The van der Waals surface area contributed by atoms with Crippen LogP contribution in [0.25, 0.3) is 0 Å². The minimum atomic E-state index is -0.227. The highest BCUT2D eigenvalue weighted by Gasteiger charge is 2.18. The second-order valence-electron chi connectivity index (χ2n) is 5.16. The van der Waals surface area contributed by atoms with Crippen LogP contribution >= 0.6 is 15.9 Å². The van der Waals surface area contributed by atoms with Crippen LogP contribution in [-0.4, -0.2) is 27.2 Å². The van der Waals surface area contributed by atoms with Gasteiger partial charge in [-0.15, -0.1) is 0 Å². The molecule has 1 amide bonds. The van der Waals surface area contributed by atoms with Crippen LogP contribution in [0.4, 0.5) is 0 Å². The lowest BCUT2D eigenvalue weighted by molar-refractivity contribution is 0.0939. The van der Waals surface area contributed by atoms with E-state index in [1.54, 1.807) is 33.5 Å². The molecule has 0 saturated carbocycles. The van der Waals surface area contributed by atoms with Gasteiger partial charge < -0.3 is 19.5 Å². The molecule has 0 aliphatic carbocycles. The van der Waals surface area contributed by atoms with E-state index in [0.29, 0.717) is 22.8 Å². The van der Waals surface area contributed by atoms with Crippen molar-refractivity contribution in [2.75, 3.05) is 21.3 Å². The van der Waals surface area contributed by atoms with Gasteiger partial charge in [-0.05, 0) is 48.9 Å². The third kappa shape index (κ3) is 4.00. The monoisotopic (exact) mass is 393 g/mol. The van der Waals surface area contributed by atoms with E-state index >= 15 is 0 Å². The van der Waals surface area contributed by atoms with Crippen LogP contribution < -0.4 is 19.5 Å². The van der Waals surface area contributed by atoms with Crippen molar-refractivity contribution in [2.24, 2.45) is 0 Å². The number of hydrogen-bond donors (Lipinski definition) is 1. The molecule has 1 N–H and O–H groups in total. The van der Waals surface area contributed by atoms with Crippen LogP contribution in [0.3, 0.4) is 0 Å². The Hall–Kier alpha value is -2.21. The lowest BCUT2D eigenvalue weighted by Gasteiger charge is -2.19. The number of halogens is 1. The third-order valence-electron chi connectivity index (χ3n) is 3.64. The Labute approximate surface area is 150 Å². The van der Waals surface area contributed by atoms with Crippen molar-refractivity contribution in [3.8, 4) is 17.2 Å². The number of nitrogens with one attached hydrogen (secondary N) is 1. The van der Waals surface area contributed by atoms with Gasteiger partial charge in [-0.2, -0.15) is 0 Å². The van der Waals surface area contributed by atoms with Gasteiger partial charge in [-0.3, -0.25) is 4.79 Å². The minimum Gasteiger partial charge on any atom is -0.493 e. The predicted octanol–water partition coefficient (Wildman–Crippen LogP) is 3.97. The van der Waals surface area contributed by atoms with Crippen LogP contribution in [0, 0.1) is 0 Å². The van der Waals surface area contributed by atoms with Crippen molar-refractivity contribution in [3.05, 3.63) is 52.0 Å². The largest absolute Gasteiger partial charge is 0.493 e. The zero-order valence-corrected chi connectivity index (χ0v) is 15.6. The van der Waals surface area contributed by atoms with E-state index in [-0.39, 0.29) is 11.9 Å². The van der Waals surface area contributed by atoms with Crippen LogP contribution in [0.15, 0.2) is 40.9 Å². The molecule has 6 heteroatoms. The van der Waals surface area contributed by atoms with E-state index in [2.05, 4.69) is 21.2 Å². The summed E-state index contributed by atoms with van der Waals surface area (Å²) < 4.78 is 16.9. The summed E-state index contributed by atoms with van der Waals surface area (Å²) in [5, 5.41) is 2.97. The SMILES string of the molecule is COc1cc(C(C)NC(=O)c2ccc(Br)cc2)cc(OC)c1OC. The van der Waals surface area contributed by atoms with Crippen molar-refractivity contribution in [1.82, 2.24) is 5.32 Å². The number of rotatable bonds is 6. The molecular formula is C18H20BrNO4. The number of carbonyl (C=O) groups is 1. The Balaban J connectivity index is 2.24. The molecule has 0 radical (unpaired) electrons. The van der Waals surface area contributed by atoms with E-state index in [1.807, 2.05) is 31.2 Å². The molecule has 1 atom stereocenters. The summed E-state index contributed by atoms with van der Waals surface area (Å²) >= 11 is 3.36. The van der Waals surface area contributed by atoms with Crippen molar-refractivity contribution in [1.29, 1.82) is 0 Å². The summed E-state index contributed by atoms with van der Waals surface area (Å²) in [6.07, 6.45) is 0. The lowest BCUT2D eigenvalue weighted by atomic mass is 10.1. The maximum atomic E-state index is 12.4.